The number of hydrogen-bond donors (Lipinski definition) is 3. The number of nitrogens with zero attached hydrogens (tertiary/aromatic N) is 2. The van der Waals surface area contributed by atoms with Gasteiger partial charge in [0.25, 0.3) is 5.91 Å². The van der Waals surface area contributed by atoms with Crippen molar-refractivity contribution >= 4 is 28.2 Å². The second kappa shape index (κ2) is 13.6. The number of amides is 1. The monoisotopic (exact) mass is 597 g/mol. The van der Waals surface area contributed by atoms with Gasteiger partial charge < -0.3 is 30.0 Å². The maximum absolute atomic E-state index is 13.6. The van der Waals surface area contributed by atoms with E-state index in [-0.39, 0.29) is 18.5 Å². The minimum absolute atomic E-state index is 0.167. The van der Waals surface area contributed by atoms with Crippen LogP contribution in [0.5, 0.6) is 5.75 Å². The van der Waals surface area contributed by atoms with Crippen molar-refractivity contribution in [2.24, 2.45) is 0 Å². The van der Waals surface area contributed by atoms with Gasteiger partial charge >= 0.3 is 6.18 Å². The minimum atomic E-state index is -4.40. The maximum atomic E-state index is 13.6. The van der Waals surface area contributed by atoms with Gasteiger partial charge in [-0.25, -0.2) is 0 Å². The van der Waals surface area contributed by atoms with E-state index in [1.807, 2.05) is 6.07 Å². The highest BCUT2D eigenvalue weighted by Crippen LogP contribution is 2.33. The van der Waals surface area contributed by atoms with Crippen molar-refractivity contribution in [1.29, 1.82) is 0 Å². The Hall–Kier alpha value is -3.88. The van der Waals surface area contributed by atoms with Crippen molar-refractivity contribution in [3.63, 3.8) is 0 Å². The number of halogens is 3. The molecule has 0 radical (unpaired) electrons. The number of benzene rings is 2. The number of alkyl halides is 3. The summed E-state index contributed by atoms with van der Waals surface area (Å²) in [7, 11) is 3.04. The van der Waals surface area contributed by atoms with Crippen molar-refractivity contribution in [2.45, 2.75) is 50.5 Å². The summed E-state index contributed by atoms with van der Waals surface area (Å²) >= 11 is 0. The third-order valence-corrected chi connectivity index (χ3v) is 8.18. The number of hydrogen-bond acceptors (Lipinski definition) is 6. The van der Waals surface area contributed by atoms with Gasteiger partial charge in [-0.2, -0.15) is 13.2 Å². The van der Waals surface area contributed by atoms with Gasteiger partial charge in [0, 0.05) is 48.9 Å². The summed E-state index contributed by atoms with van der Waals surface area (Å²) in [6.45, 7) is 2.57. The van der Waals surface area contributed by atoms with Crippen LogP contribution in [0.2, 0.25) is 0 Å². The lowest BCUT2D eigenvalue weighted by Gasteiger charge is -2.39. The number of nitrogens with one attached hydrogen (secondary N) is 3. The van der Waals surface area contributed by atoms with Gasteiger partial charge in [-0.3, -0.25) is 9.69 Å². The predicted octanol–water partition coefficient (Wildman–Crippen LogP) is 5.09. The van der Waals surface area contributed by atoms with Crippen LogP contribution in [0.1, 0.15) is 41.7 Å². The highest BCUT2D eigenvalue weighted by atomic mass is 19.4. The van der Waals surface area contributed by atoms with E-state index in [0.29, 0.717) is 34.3 Å². The number of morpholine rings is 1. The molecule has 1 aliphatic heterocycles. The average molecular weight is 598 g/mol. The van der Waals surface area contributed by atoms with Gasteiger partial charge in [0.1, 0.15) is 12.3 Å². The topological polar surface area (TPSA) is 79.8 Å². The fourth-order valence-electron chi connectivity index (χ4n) is 6.01. The molecular formula is C32H38F3N5O3. The number of carbonyl (C=O) groups excluding carboxylic acids is 1. The van der Waals surface area contributed by atoms with Gasteiger partial charge in [-0.1, -0.05) is 12.0 Å². The average Bonchev–Trinajstić information content (AvgIpc) is 3.36. The van der Waals surface area contributed by atoms with Gasteiger partial charge in [0.05, 0.1) is 43.8 Å². The Morgan fingerprint density at radius 2 is 1.84 bits per heavy atom. The van der Waals surface area contributed by atoms with Crippen LogP contribution in [0.3, 0.4) is 0 Å². The SMILES string of the molecule is CNC(=O)c1ccc(NCC#Cc2cc3c(N[C@H]4CC[C@@H](N5CCOCC5)CC4)cccc3n2CC(F)(F)F)c(OC)c1. The number of fused-ring (bicyclic) bond motifs is 1. The molecule has 0 unspecified atom stereocenters. The molecule has 1 saturated heterocycles. The van der Waals surface area contributed by atoms with Crippen molar-refractivity contribution < 1.29 is 27.4 Å². The quantitative estimate of drug-likeness (QED) is 0.314. The summed E-state index contributed by atoms with van der Waals surface area (Å²) in [5.41, 5.74) is 2.68. The van der Waals surface area contributed by atoms with Gasteiger partial charge in [-0.05, 0) is 68.0 Å². The van der Waals surface area contributed by atoms with Crippen LogP contribution >= 0.6 is 0 Å². The summed E-state index contributed by atoms with van der Waals surface area (Å²) < 4.78 is 53.1. The van der Waals surface area contributed by atoms with Crippen molar-refractivity contribution in [2.75, 3.05) is 57.6 Å². The molecule has 1 aliphatic carbocycles. The van der Waals surface area contributed by atoms with E-state index in [1.54, 1.807) is 43.4 Å². The Balaban J connectivity index is 1.32. The summed E-state index contributed by atoms with van der Waals surface area (Å²) in [6, 6.07) is 13.0. The van der Waals surface area contributed by atoms with Crippen LogP contribution in [0.25, 0.3) is 10.9 Å². The lowest BCUT2D eigenvalue weighted by Crippen LogP contribution is -2.46. The Morgan fingerprint density at radius 1 is 1.07 bits per heavy atom. The first-order valence-electron chi connectivity index (χ1n) is 14.7. The molecule has 2 fully saturated rings. The molecule has 0 spiro atoms. The first-order valence-corrected chi connectivity index (χ1v) is 14.7. The van der Waals surface area contributed by atoms with Crippen LogP contribution in [0.4, 0.5) is 24.5 Å². The Bertz CT molecular complexity index is 1480. The van der Waals surface area contributed by atoms with Gasteiger partial charge in [0.15, 0.2) is 0 Å². The van der Waals surface area contributed by atoms with E-state index in [0.717, 1.165) is 63.1 Å². The van der Waals surface area contributed by atoms with E-state index in [2.05, 4.69) is 32.7 Å². The van der Waals surface area contributed by atoms with Crippen molar-refractivity contribution in [1.82, 2.24) is 14.8 Å². The molecule has 43 heavy (non-hydrogen) atoms. The number of aromatic nitrogens is 1. The third-order valence-electron chi connectivity index (χ3n) is 8.18. The standard InChI is InChI=1S/C32H38F3N5O3/c1-36-31(41)22-8-13-28(30(19-22)42-2)37-14-4-5-25-20-26-27(6-3-7-29(26)40(25)21-32(33,34)35)38-23-9-11-24(12-10-23)39-15-17-43-18-16-39/h3,6-8,13,19-20,23-24,37-38H,9-12,14-18,21H2,1-2H3,(H,36,41)/t23-,24+. The summed E-state index contributed by atoms with van der Waals surface area (Å²) in [6.07, 6.45) is -0.208. The number of carbonyl (C=O) groups is 1. The molecule has 2 aromatic carbocycles. The maximum Gasteiger partial charge on any atom is 0.406 e. The highest BCUT2D eigenvalue weighted by molar-refractivity contribution is 5.95. The van der Waals surface area contributed by atoms with E-state index in [4.69, 9.17) is 9.47 Å². The van der Waals surface area contributed by atoms with Crippen LogP contribution in [0.15, 0.2) is 42.5 Å². The molecule has 0 atom stereocenters. The number of methoxy groups -OCH3 is 1. The Morgan fingerprint density at radius 3 is 2.53 bits per heavy atom. The Kier molecular flexibility index (Phi) is 9.68. The van der Waals surface area contributed by atoms with Crippen LogP contribution in [0, 0.1) is 11.8 Å². The molecule has 8 nitrogen and oxygen atoms in total. The molecule has 3 aromatic rings. The molecule has 2 heterocycles. The molecule has 3 N–H and O–H groups in total. The van der Waals surface area contributed by atoms with Crippen LogP contribution < -0.4 is 20.7 Å². The smallest absolute Gasteiger partial charge is 0.406 e. The van der Waals surface area contributed by atoms with E-state index in [1.165, 1.54) is 11.7 Å². The minimum Gasteiger partial charge on any atom is -0.495 e. The highest BCUT2D eigenvalue weighted by Gasteiger charge is 2.31. The summed E-state index contributed by atoms with van der Waals surface area (Å²) in [4.78, 5) is 14.4. The zero-order chi connectivity index (χ0) is 30.4. The normalized spacial score (nSPS) is 19.4. The summed E-state index contributed by atoms with van der Waals surface area (Å²) in [5.74, 6) is 6.13. The number of ether oxygens (including phenoxy) is 2. The molecule has 5 rings (SSSR count). The lowest BCUT2D eigenvalue weighted by atomic mass is 9.89. The van der Waals surface area contributed by atoms with E-state index < -0.39 is 12.7 Å². The largest absolute Gasteiger partial charge is 0.495 e. The van der Waals surface area contributed by atoms with Crippen molar-refractivity contribution in [3.8, 4) is 17.6 Å². The fourth-order valence-corrected chi connectivity index (χ4v) is 6.01. The first kappa shape index (κ1) is 30.6. The molecule has 1 aromatic heterocycles. The second-order valence-corrected chi connectivity index (χ2v) is 10.9. The van der Waals surface area contributed by atoms with Crippen LogP contribution in [-0.4, -0.2) is 80.6 Å². The van der Waals surface area contributed by atoms with E-state index in [9.17, 15) is 18.0 Å². The van der Waals surface area contributed by atoms with Crippen LogP contribution in [-0.2, 0) is 11.3 Å². The molecule has 11 heteroatoms. The van der Waals surface area contributed by atoms with E-state index >= 15 is 0 Å². The van der Waals surface area contributed by atoms with Crippen molar-refractivity contribution in [3.05, 3.63) is 53.7 Å². The number of rotatable bonds is 8. The first-order chi connectivity index (χ1) is 20.8. The molecule has 0 bridgehead atoms. The predicted molar refractivity (Wildman–Crippen MR) is 162 cm³/mol. The number of anilines is 2. The fraction of sp³-hybridized carbons (Fsp3) is 0.469. The zero-order valence-electron chi connectivity index (χ0n) is 24.5. The lowest BCUT2D eigenvalue weighted by molar-refractivity contribution is -0.140. The molecule has 1 saturated carbocycles. The van der Waals surface area contributed by atoms with Gasteiger partial charge in [-0.15, -0.1) is 0 Å². The molecule has 230 valence electrons. The second-order valence-electron chi connectivity index (χ2n) is 10.9. The third kappa shape index (κ3) is 7.56. The molecule has 1 amide bonds. The summed E-state index contributed by atoms with van der Waals surface area (Å²) in [5, 5.41) is 10.0. The van der Waals surface area contributed by atoms with Gasteiger partial charge in [0.2, 0.25) is 0 Å². The molecule has 2 aliphatic rings. The Labute approximate surface area is 249 Å². The zero-order valence-corrected chi connectivity index (χ0v) is 24.5. The molecular weight excluding hydrogens is 559 g/mol.